The second kappa shape index (κ2) is 6.10. The van der Waals surface area contributed by atoms with Crippen LogP contribution in [0.1, 0.15) is 0 Å². The molecule has 1 heterocycles. The molecule has 2 aromatic carbocycles. The monoisotopic (exact) mass is 335 g/mol. The molecule has 3 nitrogen and oxygen atoms in total. The third-order valence-corrected chi connectivity index (χ3v) is 4.63. The summed E-state index contributed by atoms with van der Waals surface area (Å²) in [5, 5.41) is 6.10. The first-order valence-corrected chi connectivity index (χ1v) is 7.82. The minimum atomic E-state index is 0.578. The Labute approximate surface area is 136 Å². The van der Waals surface area contributed by atoms with Gasteiger partial charge in [-0.2, -0.15) is 0 Å². The predicted molar refractivity (Wildman–Crippen MR) is 89.7 cm³/mol. The molecular formula is C15H11Cl2N3S. The zero-order valence-corrected chi connectivity index (χ0v) is 13.4. The van der Waals surface area contributed by atoms with Crippen LogP contribution in [0.2, 0.25) is 10.0 Å². The molecule has 0 aliphatic heterocycles. The van der Waals surface area contributed by atoms with Crippen LogP contribution >= 0.6 is 35.0 Å². The van der Waals surface area contributed by atoms with Crippen LogP contribution in [0.15, 0.2) is 52.4 Å². The highest BCUT2D eigenvalue weighted by Crippen LogP contribution is 2.37. The normalized spacial score (nSPS) is 10.8. The van der Waals surface area contributed by atoms with Crippen LogP contribution in [0.5, 0.6) is 0 Å². The van der Waals surface area contributed by atoms with Gasteiger partial charge in [0.15, 0.2) is 0 Å². The van der Waals surface area contributed by atoms with Crippen molar-refractivity contribution >= 4 is 51.8 Å². The molecule has 0 saturated heterocycles. The molecular weight excluding hydrogens is 325 g/mol. The van der Waals surface area contributed by atoms with Crippen molar-refractivity contribution in [3.63, 3.8) is 0 Å². The van der Waals surface area contributed by atoms with Crippen molar-refractivity contribution in [3.05, 3.63) is 52.5 Å². The second-order valence-electron chi connectivity index (χ2n) is 4.30. The van der Waals surface area contributed by atoms with E-state index < -0.39 is 0 Å². The average molecular weight is 336 g/mol. The fourth-order valence-corrected chi connectivity index (χ4v) is 3.34. The number of nitrogens with zero attached hydrogens (tertiary/aromatic N) is 2. The summed E-state index contributed by atoms with van der Waals surface area (Å²) >= 11 is 13.8. The van der Waals surface area contributed by atoms with Gasteiger partial charge in [0, 0.05) is 22.4 Å². The van der Waals surface area contributed by atoms with Crippen LogP contribution in [-0.4, -0.2) is 17.0 Å². The number of rotatable bonds is 3. The number of benzene rings is 2. The lowest BCUT2D eigenvalue weighted by molar-refractivity contribution is 1.09. The molecule has 0 bridgehead atoms. The summed E-state index contributed by atoms with van der Waals surface area (Å²) in [7, 11) is 1.80. The zero-order chi connectivity index (χ0) is 14.8. The van der Waals surface area contributed by atoms with E-state index in [0.717, 1.165) is 20.8 Å². The smallest absolute Gasteiger partial charge is 0.224 e. The summed E-state index contributed by atoms with van der Waals surface area (Å²) in [6.45, 7) is 0. The molecule has 0 amide bonds. The zero-order valence-electron chi connectivity index (χ0n) is 11.1. The SMILES string of the molecule is CNc1nc(Sc2cc(Cl)ccc2Cl)c2ccccc2n1. The molecule has 0 aliphatic carbocycles. The van der Waals surface area contributed by atoms with Gasteiger partial charge in [0.1, 0.15) is 5.03 Å². The Bertz CT molecular complexity index is 808. The highest BCUT2D eigenvalue weighted by Gasteiger charge is 2.11. The van der Waals surface area contributed by atoms with Gasteiger partial charge in [0.05, 0.1) is 10.5 Å². The fourth-order valence-electron chi connectivity index (χ4n) is 1.90. The Hall–Kier alpha value is -1.49. The standard InChI is InChI=1S/C15H11Cl2N3S/c1-18-15-19-12-5-3-2-4-10(12)14(20-15)21-13-8-9(16)6-7-11(13)17/h2-8H,1H3,(H,18,19,20). The summed E-state index contributed by atoms with van der Waals surface area (Å²) in [6.07, 6.45) is 0. The van der Waals surface area contributed by atoms with Crippen molar-refractivity contribution in [3.8, 4) is 0 Å². The van der Waals surface area contributed by atoms with E-state index in [1.165, 1.54) is 11.8 Å². The first-order chi connectivity index (χ1) is 10.2. The van der Waals surface area contributed by atoms with Gasteiger partial charge in [-0.25, -0.2) is 9.97 Å². The molecule has 6 heteroatoms. The maximum absolute atomic E-state index is 6.23. The molecule has 21 heavy (non-hydrogen) atoms. The van der Waals surface area contributed by atoms with Crippen LogP contribution in [0.25, 0.3) is 10.9 Å². The third kappa shape index (κ3) is 3.07. The van der Waals surface area contributed by atoms with E-state index in [0.29, 0.717) is 16.0 Å². The molecule has 1 N–H and O–H groups in total. The van der Waals surface area contributed by atoms with Crippen molar-refractivity contribution < 1.29 is 0 Å². The summed E-state index contributed by atoms with van der Waals surface area (Å²) in [4.78, 5) is 9.84. The molecule has 3 aromatic rings. The Kier molecular flexibility index (Phi) is 4.19. The van der Waals surface area contributed by atoms with Gasteiger partial charge >= 0.3 is 0 Å². The number of nitrogens with one attached hydrogen (secondary N) is 1. The number of halogens is 2. The van der Waals surface area contributed by atoms with E-state index in [2.05, 4.69) is 15.3 Å². The van der Waals surface area contributed by atoms with Gasteiger partial charge < -0.3 is 5.32 Å². The molecule has 0 saturated carbocycles. The quantitative estimate of drug-likeness (QED) is 0.673. The van der Waals surface area contributed by atoms with E-state index in [4.69, 9.17) is 23.2 Å². The molecule has 0 aliphatic rings. The lowest BCUT2D eigenvalue weighted by Crippen LogP contribution is -1.98. The van der Waals surface area contributed by atoms with E-state index >= 15 is 0 Å². The van der Waals surface area contributed by atoms with Crippen LogP contribution in [0, 0.1) is 0 Å². The van der Waals surface area contributed by atoms with Gasteiger partial charge in [-0.3, -0.25) is 0 Å². The van der Waals surface area contributed by atoms with E-state index in [1.807, 2.05) is 30.3 Å². The van der Waals surface area contributed by atoms with Gasteiger partial charge in [-0.1, -0.05) is 53.2 Å². The average Bonchev–Trinajstić information content (AvgIpc) is 2.50. The molecule has 0 radical (unpaired) electrons. The largest absolute Gasteiger partial charge is 0.357 e. The summed E-state index contributed by atoms with van der Waals surface area (Å²) < 4.78 is 0. The highest BCUT2D eigenvalue weighted by molar-refractivity contribution is 7.99. The number of aromatic nitrogens is 2. The van der Waals surface area contributed by atoms with Gasteiger partial charge in [0.2, 0.25) is 5.95 Å². The molecule has 0 atom stereocenters. The van der Waals surface area contributed by atoms with Crippen LogP contribution < -0.4 is 5.32 Å². The Morgan fingerprint density at radius 3 is 2.67 bits per heavy atom. The van der Waals surface area contributed by atoms with Gasteiger partial charge in [-0.15, -0.1) is 0 Å². The molecule has 0 fully saturated rings. The van der Waals surface area contributed by atoms with Crippen molar-refractivity contribution in [2.45, 2.75) is 9.92 Å². The van der Waals surface area contributed by atoms with Crippen molar-refractivity contribution in [1.29, 1.82) is 0 Å². The van der Waals surface area contributed by atoms with Crippen molar-refractivity contribution in [2.75, 3.05) is 12.4 Å². The topological polar surface area (TPSA) is 37.8 Å². The van der Waals surface area contributed by atoms with Crippen molar-refractivity contribution in [2.24, 2.45) is 0 Å². The number of hydrogen-bond acceptors (Lipinski definition) is 4. The van der Waals surface area contributed by atoms with E-state index in [1.54, 1.807) is 19.2 Å². The third-order valence-electron chi connectivity index (χ3n) is 2.89. The van der Waals surface area contributed by atoms with E-state index in [-0.39, 0.29) is 0 Å². The highest BCUT2D eigenvalue weighted by atomic mass is 35.5. The minimum absolute atomic E-state index is 0.578. The fraction of sp³-hybridized carbons (Fsp3) is 0.0667. The van der Waals surface area contributed by atoms with E-state index in [9.17, 15) is 0 Å². The van der Waals surface area contributed by atoms with Gasteiger partial charge in [0.25, 0.3) is 0 Å². The second-order valence-corrected chi connectivity index (χ2v) is 6.17. The number of para-hydroxylation sites is 1. The summed E-state index contributed by atoms with van der Waals surface area (Å²) in [5.41, 5.74) is 0.887. The Morgan fingerprint density at radius 2 is 1.86 bits per heavy atom. The first kappa shape index (κ1) is 14.4. The molecule has 106 valence electrons. The molecule has 1 aromatic heterocycles. The molecule has 0 unspecified atom stereocenters. The Morgan fingerprint density at radius 1 is 1.05 bits per heavy atom. The number of anilines is 1. The maximum Gasteiger partial charge on any atom is 0.224 e. The first-order valence-electron chi connectivity index (χ1n) is 6.25. The minimum Gasteiger partial charge on any atom is -0.357 e. The summed E-state index contributed by atoms with van der Waals surface area (Å²) in [5.74, 6) is 0.578. The Balaban J connectivity index is 2.13. The lowest BCUT2D eigenvalue weighted by Gasteiger charge is -2.09. The summed E-state index contributed by atoms with van der Waals surface area (Å²) in [6, 6.07) is 13.3. The van der Waals surface area contributed by atoms with Gasteiger partial charge in [-0.05, 0) is 24.3 Å². The predicted octanol–water partition coefficient (Wildman–Crippen LogP) is 5.13. The number of fused-ring (bicyclic) bond motifs is 1. The lowest BCUT2D eigenvalue weighted by atomic mass is 10.2. The molecule has 0 spiro atoms. The van der Waals surface area contributed by atoms with Crippen LogP contribution in [-0.2, 0) is 0 Å². The van der Waals surface area contributed by atoms with Crippen molar-refractivity contribution in [1.82, 2.24) is 9.97 Å². The number of hydrogen-bond donors (Lipinski definition) is 1. The maximum atomic E-state index is 6.23. The van der Waals surface area contributed by atoms with Crippen LogP contribution in [0.3, 0.4) is 0 Å². The van der Waals surface area contributed by atoms with Crippen LogP contribution in [0.4, 0.5) is 5.95 Å². The molecule has 3 rings (SSSR count).